The number of likely N-dealkylation sites (tertiary alicyclic amines) is 1. The molecule has 1 aliphatic rings. The molecule has 1 aromatic rings. The summed E-state index contributed by atoms with van der Waals surface area (Å²) < 4.78 is 0.800. The molecule has 1 heterocycles. The third-order valence-electron chi connectivity index (χ3n) is 3.22. The highest BCUT2D eigenvalue weighted by Gasteiger charge is 2.23. The number of carbonyl (C=O) groups excluding carboxylic acids is 2. The Morgan fingerprint density at radius 3 is 2.95 bits per heavy atom. The van der Waals surface area contributed by atoms with Crippen molar-refractivity contribution in [2.75, 3.05) is 13.1 Å². The molecule has 1 N–H and O–H groups in total. The molecule has 1 saturated heterocycles. The molecule has 0 aromatic heterocycles. The number of nitrogens with zero attached hydrogens (tertiary/aromatic N) is 1. The third-order valence-corrected chi connectivity index (χ3v) is 4.04. The van der Waals surface area contributed by atoms with Crippen LogP contribution in [0.3, 0.4) is 0 Å². The Balaban J connectivity index is 1.96. The highest BCUT2D eigenvalue weighted by molar-refractivity contribution is 9.10. The minimum absolute atomic E-state index is 0.111. The zero-order chi connectivity index (χ0) is 14.7. The first-order valence-electron chi connectivity index (χ1n) is 6.51. The van der Waals surface area contributed by atoms with Gasteiger partial charge in [0.15, 0.2) is 0 Å². The zero-order valence-corrected chi connectivity index (χ0v) is 13.5. The van der Waals surface area contributed by atoms with Crippen LogP contribution in [0.5, 0.6) is 0 Å². The van der Waals surface area contributed by atoms with E-state index in [4.69, 9.17) is 11.6 Å². The van der Waals surface area contributed by atoms with Crippen LogP contribution in [0.1, 0.15) is 30.1 Å². The number of carbonyl (C=O) groups is 2. The number of hydrogen-bond donors (Lipinski definition) is 1. The lowest BCUT2D eigenvalue weighted by Gasteiger charge is -2.21. The molecule has 20 heavy (non-hydrogen) atoms. The summed E-state index contributed by atoms with van der Waals surface area (Å²) in [6.45, 7) is 3.20. The maximum Gasteiger partial charge on any atom is 0.253 e. The van der Waals surface area contributed by atoms with Crippen molar-refractivity contribution >= 4 is 39.3 Å². The number of benzene rings is 1. The summed E-state index contributed by atoms with van der Waals surface area (Å²) in [6.07, 6.45) is 1.51. The fraction of sp³-hybridized carbons (Fsp3) is 0.429. The highest BCUT2D eigenvalue weighted by Crippen LogP contribution is 2.21. The van der Waals surface area contributed by atoms with E-state index in [2.05, 4.69) is 21.2 Å². The van der Waals surface area contributed by atoms with E-state index in [-0.39, 0.29) is 17.9 Å². The molecule has 0 aliphatic carbocycles. The van der Waals surface area contributed by atoms with Gasteiger partial charge in [0.25, 0.3) is 5.91 Å². The number of nitrogens with one attached hydrogen (secondary N) is 1. The van der Waals surface area contributed by atoms with Crippen molar-refractivity contribution < 1.29 is 9.59 Å². The molecule has 1 unspecified atom stereocenters. The highest BCUT2D eigenvalue weighted by atomic mass is 79.9. The quantitative estimate of drug-likeness (QED) is 0.898. The predicted octanol–water partition coefficient (Wildman–Crippen LogP) is 2.84. The minimum atomic E-state index is -0.226. The molecule has 0 spiro atoms. The van der Waals surface area contributed by atoms with Crippen LogP contribution in [-0.2, 0) is 4.79 Å². The summed E-state index contributed by atoms with van der Waals surface area (Å²) in [5.74, 6) is -0.0676. The molecule has 108 valence electrons. The van der Waals surface area contributed by atoms with Gasteiger partial charge in [-0.1, -0.05) is 27.5 Å². The molecule has 1 fully saturated rings. The molecule has 4 nitrogen and oxygen atoms in total. The average Bonchev–Trinajstić information content (AvgIpc) is 2.77. The normalized spacial score (nSPS) is 16.4. The summed E-state index contributed by atoms with van der Waals surface area (Å²) >= 11 is 9.34. The van der Waals surface area contributed by atoms with E-state index in [1.807, 2.05) is 6.92 Å². The topological polar surface area (TPSA) is 49.4 Å². The van der Waals surface area contributed by atoms with E-state index < -0.39 is 0 Å². The van der Waals surface area contributed by atoms with Gasteiger partial charge in [-0.05, 0) is 31.5 Å². The van der Waals surface area contributed by atoms with E-state index in [1.54, 1.807) is 23.1 Å². The maximum absolute atomic E-state index is 12.2. The summed E-state index contributed by atoms with van der Waals surface area (Å²) in [6, 6.07) is 5.03. The van der Waals surface area contributed by atoms with Crippen LogP contribution in [0.2, 0.25) is 5.02 Å². The number of amides is 2. The van der Waals surface area contributed by atoms with Crippen LogP contribution >= 0.6 is 27.5 Å². The Bertz CT molecular complexity index is 536. The van der Waals surface area contributed by atoms with Crippen molar-refractivity contribution in [1.82, 2.24) is 10.2 Å². The number of halogens is 2. The SMILES string of the molecule is CC(CN1CCCC1=O)NC(=O)c1cc(Br)ccc1Cl. The van der Waals surface area contributed by atoms with Gasteiger partial charge in [0.05, 0.1) is 10.6 Å². The van der Waals surface area contributed by atoms with Gasteiger partial charge in [-0.25, -0.2) is 0 Å². The van der Waals surface area contributed by atoms with Gasteiger partial charge in [0.1, 0.15) is 0 Å². The van der Waals surface area contributed by atoms with Crippen LogP contribution < -0.4 is 5.32 Å². The summed E-state index contributed by atoms with van der Waals surface area (Å²) in [5.41, 5.74) is 0.431. The van der Waals surface area contributed by atoms with E-state index in [1.165, 1.54) is 0 Å². The Morgan fingerprint density at radius 1 is 1.55 bits per heavy atom. The van der Waals surface area contributed by atoms with E-state index in [9.17, 15) is 9.59 Å². The fourth-order valence-corrected chi connectivity index (χ4v) is 2.81. The van der Waals surface area contributed by atoms with Crippen molar-refractivity contribution in [3.63, 3.8) is 0 Å². The molecule has 2 rings (SSSR count). The summed E-state index contributed by atoms with van der Waals surface area (Å²) in [7, 11) is 0. The smallest absolute Gasteiger partial charge is 0.253 e. The van der Waals surface area contributed by atoms with Crippen LogP contribution in [-0.4, -0.2) is 35.8 Å². The Morgan fingerprint density at radius 2 is 2.30 bits per heavy atom. The molecule has 1 atom stereocenters. The van der Waals surface area contributed by atoms with E-state index in [0.29, 0.717) is 23.6 Å². The molecular weight excluding hydrogens is 344 g/mol. The Labute approximate surface area is 131 Å². The van der Waals surface area contributed by atoms with Crippen molar-refractivity contribution in [3.05, 3.63) is 33.3 Å². The van der Waals surface area contributed by atoms with Crippen molar-refractivity contribution in [2.45, 2.75) is 25.8 Å². The summed E-state index contributed by atoms with van der Waals surface area (Å²) in [5, 5.41) is 3.29. The lowest BCUT2D eigenvalue weighted by Crippen LogP contribution is -2.42. The zero-order valence-electron chi connectivity index (χ0n) is 11.2. The second kappa shape index (κ2) is 6.59. The minimum Gasteiger partial charge on any atom is -0.348 e. The second-order valence-electron chi connectivity index (χ2n) is 4.94. The van der Waals surface area contributed by atoms with Crippen LogP contribution in [0.25, 0.3) is 0 Å². The van der Waals surface area contributed by atoms with Gasteiger partial charge in [-0.15, -0.1) is 0 Å². The van der Waals surface area contributed by atoms with Gasteiger partial charge in [0, 0.05) is 30.0 Å². The molecule has 2 amide bonds. The third kappa shape index (κ3) is 3.73. The van der Waals surface area contributed by atoms with E-state index >= 15 is 0 Å². The van der Waals surface area contributed by atoms with Crippen molar-refractivity contribution in [3.8, 4) is 0 Å². The molecular formula is C14H16BrClN2O2. The molecule has 1 aromatic carbocycles. The maximum atomic E-state index is 12.2. The fourth-order valence-electron chi connectivity index (χ4n) is 2.25. The monoisotopic (exact) mass is 358 g/mol. The Hall–Kier alpha value is -1.07. The standard InChI is InChI=1S/C14H16BrClN2O2/c1-9(8-18-6-2-3-13(18)19)17-14(20)11-7-10(15)4-5-12(11)16/h4-5,7,9H,2-3,6,8H2,1H3,(H,17,20). The van der Waals surface area contributed by atoms with Gasteiger partial charge >= 0.3 is 0 Å². The van der Waals surface area contributed by atoms with Crippen LogP contribution in [0, 0.1) is 0 Å². The Kier molecular flexibility index (Phi) is 5.05. The second-order valence-corrected chi connectivity index (χ2v) is 6.26. The lowest BCUT2D eigenvalue weighted by molar-refractivity contribution is -0.127. The predicted molar refractivity (Wildman–Crippen MR) is 81.9 cm³/mol. The van der Waals surface area contributed by atoms with Crippen LogP contribution in [0.15, 0.2) is 22.7 Å². The van der Waals surface area contributed by atoms with Crippen molar-refractivity contribution in [2.24, 2.45) is 0 Å². The first-order valence-corrected chi connectivity index (χ1v) is 7.68. The lowest BCUT2D eigenvalue weighted by atomic mass is 10.2. The summed E-state index contributed by atoms with van der Waals surface area (Å²) in [4.78, 5) is 25.5. The van der Waals surface area contributed by atoms with Gasteiger partial charge in [-0.2, -0.15) is 0 Å². The largest absolute Gasteiger partial charge is 0.348 e. The number of hydrogen-bond acceptors (Lipinski definition) is 2. The molecule has 0 radical (unpaired) electrons. The van der Waals surface area contributed by atoms with Crippen molar-refractivity contribution in [1.29, 1.82) is 0 Å². The first kappa shape index (κ1) is 15.3. The molecule has 6 heteroatoms. The molecule has 1 aliphatic heterocycles. The van der Waals surface area contributed by atoms with Gasteiger partial charge in [-0.3, -0.25) is 9.59 Å². The molecule has 0 saturated carbocycles. The van der Waals surface area contributed by atoms with E-state index in [0.717, 1.165) is 17.4 Å². The average molecular weight is 360 g/mol. The number of rotatable bonds is 4. The first-order chi connectivity index (χ1) is 9.47. The van der Waals surface area contributed by atoms with Crippen LogP contribution in [0.4, 0.5) is 0 Å². The van der Waals surface area contributed by atoms with Gasteiger partial charge in [0.2, 0.25) is 5.91 Å². The molecule has 0 bridgehead atoms. The van der Waals surface area contributed by atoms with Gasteiger partial charge < -0.3 is 10.2 Å².